The van der Waals surface area contributed by atoms with Crippen LogP contribution in [0.15, 0.2) is 18.2 Å². The second-order valence-electron chi connectivity index (χ2n) is 6.35. The second kappa shape index (κ2) is 9.81. The summed E-state index contributed by atoms with van der Waals surface area (Å²) in [6, 6.07) is 6.22. The van der Waals surface area contributed by atoms with Gasteiger partial charge in [-0.2, -0.15) is 0 Å². The average Bonchev–Trinajstić information content (AvgIpc) is 2.65. The molecule has 0 saturated carbocycles. The summed E-state index contributed by atoms with van der Waals surface area (Å²) in [6.45, 7) is 2.81. The number of rotatable bonds is 8. The van der Waals surface area contributed by atoms with Crippen molar-refractivity contribution in [2.24, 2.45) is 0 Å². The summed E-state index contributed by atoms with van der Waals surface area (Å²) in [7, 11) is 0. The molecule has 0 radical (unpaired) electrons. The fraction of sp³-hybridized carbons (Fsp3) is 0.526. The maximum Gasteiger partial charge on any atom is 0.309 e. The fourth-order valence-electron chi connectivity index (χ4n) is 3.15. The van der Waals surface area contributed by atoms with Gasteiger partial charge in [-0.1, -0.05) is 25.1 Å². The molecule has 0 aliphatic heterocycles. The van der Waals surface area contributed by atoms with Crippen molar-refractivity contribution in [3.05, 3.63) is 34.9 Å². The van der Waals surface area contributed by atoms with Crippen molar-refractivity contribution in [3.63, 3.8) is 0 Å². The number of nitrogens with one attached hydrogen (secondary N) is 3. The third-order valence-electron chi connectivity index (χ3n) is 4.56. The topological polar surface area (TPSA) is 87.3 Å². The molecule has 0 bridgehead atoms. The number of benzene rings is 1. The van der Waals surface area contributed by atoms with Crippen molar-refractivity contribution in [3.8, 4) is 0 Å². The van der Waals surface area contributed by atoms with Crippen LogP contribution in [-0.4, -0.2) is 31.3 Å². The van der Waals surface area contributed by atoms with Crippen LogP contribution in [0.3, 0.4) is 0 Å². The molecule has 1 aliphatic rings. The van der Waals surface area contributed by atoms with E-state index in [0.717, 1.165) is 24.8 Å². The molecule has 25 heavy (non-hydrogen) atoms. The quantitative estimate of drug-likeness (QED) is 0.378. The highest BCUT2D eigenvalue weighted by atomic mass is 16.2. The number of hydrogen-bond acceptors (Lipinski definition) is 3. The van der Waals surface area contributed by atoms with Gasteiger partial charge in [0.1, 0.15) is 0 Å². The smallest absolute Gasteiger partial charge is 0.309 e. The van der Waals surface area contributed by atoms with Crippen LogP contribution in [0.2, 0.25) is 0 Å². The van der Waals surface area contributed by atoms with Gasteiger partial charge in [0.25, 0.3) is 0 Å². The molecule has 1 atom stereocenters. The second-order valence-corrected chi connectivity index (χ2v) is 6.35. The largest absolute Gasteiger partial charge is 0.359 e. The Morgan fingerprint density at radius 2 is 1.88 bits per heavy atom. The molecule has 3 N–H and O–H groups in total. The third-order valence-corrected chi connectivity index (χ3v) is 4.56. The Hall–Kier alpha value is -2.37. The summed E-state index contributed by atoms with van der Waals surface area (Å²) in [4.78, 5) is 34.1. The Bertz CT molecular complexity index is 616. The zero-order valence-corrected chi connectivity index (χ0v) is 14.8. The first kappa shape index (κ1) is 19.0. The van der Waals surface area contributed by atoms with Crippen LogP contribution in [0.1, 0.15) is 55.3 Å². The van der Waals surface area contributed by atoms with E-state index in [1.165, 1.54) is 24.0 Å². The first-order valence-corrected chi connectivity index (χ1v) is 9.03. The number of hydrogen-bond donors (Lipinski definition) is 3. The van der Waals surface area contributed by atoms with Crippen LogP contribution in [0, 0.1) is 0 Å². The molecule has 1 unspecified atom stereocenters. The summed E-state index contributed by atoms with van der Waals surface area (Å²) in [5.41, 5.74) is 3.82. The fourth-order valence-corrected chi connectivity index (χ4v) is 3.15. The lowest BCUT2D eigenvalue weighted by Crippen LogP contribution is -2.42. The normalized spacial score (nSPS) is 14.1. The van der Waals surface area contributed by atoms with Gasteiger partial charge in [-0.15, -0.1) is 0 Å². The van der Waals surface area contributed by atoms with Crippen LogP contribution in [0.4, 0.5) is 0 Å². The maximum atomic E-state index is 12.1. The van der Waals surface area contributed by atoms with Crippen molar-refractivity contribution in [2.45, 2.75) is 51.5 Å². The van der Waals surface area contributed by atoms with E-state index in [-0.39, 0.29) is 6.04 Å². The summed E-state index contributed by atoms with van der Waals surface area (Å²) >= 11 is 0. The van der Waals surface area contributed by atoms with Gasteiger partial charge in [-0.25, -0.2) is 0 Å². The van der Waals surface area contributed by atoms with Crippen LogP contribution >= 0.6 is 0 Å². The minimum atomic E-state index is -0.637. The number of carbonyl (C=O) groups is 3. The van der Waals surface area contributed by atoms with E-state index in [1.54, 1.807) is 0 Å². The van der Waals surface area contributed by atoms with Crippen molar-refractivity contribution < 1.29 is 14.4 Å². The Morgan fingerprint density at radius 3 is 2.60 bits per heavy atom. The number of fused-ring (bicyclic) bond motifs is 1. The molecule has 0 saturated heterocycles. The Morgan fingerprint density at radius 1 is 1.12 bits per heavy atom. The number of amides is 3. The predicted octanol–water partition coefficient (Wildman–Crippen LogP) is 1.39. The van der Waals surface area contributed by atoms with Gasteiger partial charge >= 0.3 is 11.8 Å². The average molecular weight is 345 g/mol. The van der Waals surface area contributed by atoms with Crippen LogP contribution in [-0.2, 0) is 27.2 Å². The van der Waals surface area contributed by atoms with Gasteiger partial charge in [0.05, 0.1) is 6.04 Å². The zero-order chi connectivity index (χ0) is 18.1. The molecule has 1 aromatic rings. The van der Waals surface area contributed by atoms with E-state index in [9.17, 15) is 14.4 Å². The summed E-state index contributed by atoms with van der Waals surface area (Å²) in [5, 5.41) is 7.89. The van der Waals surface area contributed by atoms with Crippen LogP contribution in [0.5, 0.6) is 0 Å². The minimum Gasteiger partial charge on any atom is -0.359 e. The Kier molecular flexibility index (Phi) is 7.44. The van der Waals surface area contributed by atoms with E-state index in [4.69, 9.17) is 0 Å². The molecule has 136 valence electrons. The monoisotopic (exact) mass is 345 g/mol. The first-order chi connectivity index (χ1) is 12.2. The van der Waals surface area contributed by atoms with E-state index in [2.05, 4.69) is 34.1 Å². The van der Waals surface area contributed by atoms with Crippen molar-refractivity contribution in [1.29, 1.82) is 0 Å². The van der Waals surface area contributed by atoms with Crippen LogP contribution in [0.25, 0.3) is 0 Å². The maximum absolute atomic E-state index is 12.1. The van der Waals surface area contributed by atoms with Crippen molar-refractivity contribution in [1.82, 2.24) is 16.0 Å². The molecule has 1 aromatic carbocycles. The Balaban J connectivity index is 1.89. The summed E-state index contributed by atoms with van der Waals surface area (Å²) in [5.74, 6) is -1.25. The summed E-state index contributed by atoms with van der Waals surface area (Å²) < 4.78 is 0. The van der Waals surface area contributed by atoms with Gasteiger partial charge in [0.2, 0.25) is 6.41 Å². The third kappa shape index (κ3) is 5.59. The number of carbonyl (C=O) groups excluding carboxylic acids is 3. The van der Waals surface area contributed by atoms with Gasteiger partial charge in [0, 0.05) is 13.1 Å². The molecule has 6 heteroatoms. The molecule has 1 aliphatic carbocycles. The van der Waals surface area contributed by atoms with E-state index in [0.29, 0.717) is 25.9 Å². The van der Waals surface area contributed by atoms with Crippen LogP contribution < -0.4 is 16.0 Å². The van der Waals surface area contributed by atoms with Gasteiger partial charge in [-0.3, -0.25) is 14.4 Å². The molecule has 6 nitrogen and oxygen atoms in total. The zero-order valence-electron chi connectivity index (χ0n) is 14.8. The molecule has 0 heterocycles. The number of aryl methyl sites for hydroxylation is 2. The highest BCUT2D eigenvalue weighted by Gasteiger charge is 2.19. The van der Waals surface area contributed by atoms with E-state index in [1.807, 2.05) is 6.92 Å². The van der Waals surface area contributed by atoms with E-state index >= 15 is 0 Å². The lowest BCUT2D eigenvalue weighted by atomic mass is 9.89. The molecule has 0 spiro atoms. The molecular weight excluding hydrogens is 318 g/mol. The lowest BCUT2D eigenvalue weighted by molar-refractivity contribution is -0.139. The van der Waals surface area contributed by atoms with Gasteiger partial charge in [-0.05, 0) is 55.2 Å². The molecule has 0 aromatic heterocycles. The molecular formula is C19H27N3O3. The highest BCUT2D eigenvalue weighted by Crippen LogP contribution is 2.26. The standard InChI is InChI=1S/C19H27N3O3/c1-2-17(16-9-8-14-6-3-4-7-15(14)12-16)22-19(25)18(24)21-11-5-10-20-13-23/h8-9,12-13,17H,2-7,10-11H2,1H3,(H,20,23)(H,21,24)(H,22,25). The first-order valence-electron chi connectivity index (χ1n) is 9.03. The lowest BCUT2D eigenvalue weighted by Gasteiger charge is -2.21. The van der Waals surface area contributed by atoms with Crippen molar-refractivity contribution in [2.75, 3.05) is 13.1 Å². The van der Waals surface area contributed by atoms with Crippen molar-refractivity contribution >= 4 is 18.2 Å². The highest BCUT2D eigenvalue weighted by molar-refractivity contribution is 6.35. The van der Waals surface area contributed by atoms with Gasteiger partial charge in [0.15, 0.2) is 0 Å². The molecule has 0 fully saturated rings. The Labute approximate surface area is 148 Å². The van der Waals surface area contributed by atoms with Gasteiger partial charge < -0.3 is 16.0 Å². The SMILES string of the molecule is CCC(NC(=O)C(=O)NCCCNC=O)c1ccc2c(c1)CCCC2. The summed E-state index contributed by atoms with van der Waals surface area (Å²) in [6.07, 6.45) is 6.58. The predicted molar refractivity (Wildman–Crippen MR) is 96.0 cm³/mol. The minimum absolute atomic E-state index is 0.165. The molecule has 2 rings (SSSR count). The van der Waals surface area contributed by atoms with E-state index < -0.39 is 11.8 Å². The molecule has 3 amide bonds.